The van der Waals surface area contributed by atoms with Crippen LogP contribution >= 0.6 is 11.8 Å². The summed E-state index contributed by atoms with van der Waals surface area (Å²) in [6.07, 6.45) is 6.43. The van der Waals surface area contributed by atoms with Gasteiger partial charge in [0.05, 0.1) is 24.8 Å². The summed E-state index contributed by atoms with van der Waals surface area (Å²) >= 11 is 1.44. The van der Waals surface area contributed by atoms with Gasteiger partial charge in [-0.2, -0.15) is 0 Å². The van der Waals surface area contributed by atoms with Gasteiger partial charge in [0.2, 0.25) is 0 Å². The first-order valence-electron chi connectivity index (χ1n) is 10.7. The number of thioether (sulfide) groups is 1. The molecule has 5 nitrogen and oxygen atoms in total. The largest absolute Gasteiger partial charge is 0.497 e. The van der Waals surface area contributed by atoms with Crippen LogP contribution in [0.25, 0.3) is 6.08 Å². The first kappa shape index (κ1) is 21.5. The van der Waals surface area contributed by atoms with Crippen LogP contribution < -0.4 is 9.47 Å². The van der Waals surface area contributed by atoms with Gasteiger partial charge in [-0.15, -0.1) is 0 Å². The van der Waals surface area contributed by atoms with Gasteiger partial charge in [0.15, 0.2) is 5.17 Å². The Morgan fingerprint density at radius 1 is 1.06 bits per heavy atom. The highest BCUT2D eigenvalue weighted by molar-refractivity contribution is 8.18. The van der Waals surface area contributed by atoms with Crippen LogP contribution in [0.5, 0.6) is 11.5 Å². The number of aliphatic imine (C=N–C) groups is 1. The van der Waals surface area contributed by atoms with E-state index in [1.807, 2.05) is 59.5 Å². The molecule has 0 unspecified atom stereocenters. The average molecular weight is 437 g/mol. The smallest absolute Gasteiger partial charge is 0.267 e. The van der Waals surface area contributed by atoms with Crippen LogP contribution in [0.4, 0.5) is 5.69 Å². The number of amides is 1. The molecule has 1 aliphatic heterocycles. The van der Waals surface area contributed by atoms with Crippen LogP contribution in [0, 0.1) is 5.92 Å². The van der Waals surface area contributed by atoms with E-state index in [1.165, 1.54) is 18.2 Å². The molecule has 1 heterocycles. The highest BCUT2D eigenvalue weighted by Crippen LogP contribution is 2.41. The number of para-hydroxylation sites is 1. The van der Waals surface area contributed by atoms with Gasteiger partial charge >= 0.3 is 0 Å². The Hall–Kier alpha value is -2.73. The van der Waals surface area contributed by atoms with Crippen molar-refractivity contribution in [3.8, 4) is 11.5 Å². The van der Waals surface area contributed by atoms with Crippen LogP contribution in [0.3, 0.4) is 0 Å². The lowest BCUT2D eigenvalue weighted by Crippen LogP contribution is -2.44. The lowest BCUT2D eigenvalue weighted by atomic mass is 9.85. The van der Waals surface area contributed by atoms with Crippen molar-refractivity contribution in [1.82, 2.24) is 4.90 Å². The lowest BCUT2D eigenvalue weighted by Gasteiger charge is -2.35. The molecule has 2 aromatic carbocycles. The van der Waals surface area contributed by atoms with E-state index < -0.39 is 0 Å². The Labute approximate surface area is 188 Å². The number of amidine groups is 1. The number of hydrogen-bond donors (Lipinski definition) is 0. The van der Waals surface area contributed by atoms with E-state index in [0.29, 0.717) is 22.3 Å². The zero-order valence-corrected chi connectivity index (χ0v) is 19.0. The molecule has 0 bridgehead atoms. The quantitative estimate of drug-likeness (QED) is 0.549. The van der Waals surface area contributed by atoms with Crippen LogP contribution in [-0.4, -0.2) is 36.2 Å². The van der Waals surface area contributed by atoms with Crippen molar-refractivity contribution in [2.24, 2.45) is 10.9 Å². The second kappa shape index (κ2) is 9.60. The van der Waals surface area contributed by atoms with Crippen LogP contribution in [0.1, 0.15) is 38.2 Å². The monoisotopic (exact) mass is 436 g/mol. The summed E-state index contributed by atoms with van der Waals surface area (Å²) in [6.45, 7) is 2.25. The van der Waals surface area contributed by atoms with Crippen molar-refractivity contribution >= 4 is 34.6 Å². The molecule has 1 saturated heterocycles. The highest BCUT2D eigenvalue weighted by atomic mass is 32.2. The number of ether oxygens (including phenoxy) is 2. The molecule has 2 aromatic rings. The van der Waals surface area contributed by atoms with Crippen molar-refractivity contribution < 1.29 is 14.3 Å². The lowest BCUT2D eigenvalue weighted by molar-refractivity contribution is -0.124. The molecule has 0 spiro atoms. The number of carbonyl (C=O) groups excluding carboxylic acids is 1. The molecule has 1 amide bonds. The third-order valence-electron chi connectivity index (χ3n) is 5.94. The topological polar surface area (TPSA) is 51.1 Å². The maximum atomic E-state index is 13.6. The number of nitrogens with zero attached hydrogens (tertiary/aromatic N) is 2. The second-order valence-electron chi connectivity index (χ2n) is 7.95. The molecule has 1 saturated carbocycles. The van der Waals surface area contributed by atoms with Gasteiger partial charge in [0, 0.05) is 17.7 Å². The SMILES string of the molecule is COc1ccc(/C=C2\SC(=Nc3ccccc3)N([C@H]3CCCC[C@@H]3C)C2=O)c(OC)c1. The predicted octanol–water partition coefficient (Wildman–Crippen LogP) is 5.89. The average Bonchev–Trinajstić information content (AvgIpc) is 3.09. The molecule has 0 radical (unpaired) electrons. The Morgan fingerprint density at radius 3 is 2.55 bits per heavy atom. The molecule has 1 aliphatic carbocycles. The maximum absolute atomic E-state index is 13.6. The normalized spacial score (nSPS) is 24.1. The molecule has 162 valence electrons. The fraction of sp³-hybridized carbons (Fsp3) is 0.360. The Morgan fingerprint density at radius 2 is 1.84 bits per heavy atom. The van der Waals surface area contributed by atoms with Gasteiger partial charge in [0.25, 0.3) is 5.91 Å². The second-order valence-corrected chi connectivity index (χ2v) is 8.96. The minimum absolute atomic E-state index is 0.0244. The van der Waals surface area contributed by atoms with E-state index in [4.69, 9.17) is 14.5 Å². The van der Waals surface area contributed by atoms with Crippen LogP contribution in [-0.2, 0) is 4.79 Å². The number of rotatable bonds is 5. The summed E-state index contributed by atoms with van der Waals surface area (Å²) in [7, 11) is 3.25. The number of methoxy groups -OCH3 is 2. The Kier molecular flexibility index (Phi) is 6.66. The van der Waals surface area contributed by atoms with E-state index >= 15 is 0 Å². The fourth-order valence-electron chi connectivity index (χ4n) is 4.23. The van der Waals surface area contributed by atoms with E-state index in [1.54, 1.807) is 14.2 Å². The third kappa shape index (κ3) is 4.64. The molecule has 0 N–H and O–H groups in total. The van der Waals surface area contributed by atoms with Crippen LogP contribution in [0.2, 0.25) is 0 Å². The van der Waals surface area contributed by atoms with E-state index in [2.05, 4.69) is 6.92 Å². The summed E-state index contributed by atoms with van der Waals surface area (Å²) in [5, 5.41) is 0.758. The Bertz CT molecular complexity index is 1000. The van der Waals surface area contributed by atoms with Crippen molar-refractivity contribution in [3.63, 3.8) is 0 Å². The van der Waals surface area contributed by atoms with Gasteiger partial charge in [-0.25, -0.2) is 4.99 Å². The first-order valence-corrected chi connectivity index (χ1v) is 11.5. The summed E-state index contributed by atoms with van der Waals surface area (Å²) < 4.78 is 10.8. The molecule has 2 aliphatic rings. The molecular formula is C25H28N2O3S. The van der Waals surface area contributed by atoms with Crippen molar-refractivity contribution in [2.75, 3.05) is 14.2 Å². The summed E-state index contributed by atoms with van der Waals surface area (Å²) in [5.41, 5.74) is 1.70. The first-order chi connectivity index (χ1) is 15.1. The van der Waals surface area contributed by atoms with Crippen LogP contribution in [0.15, 0.2) is 58.4 Å². The van der Waals surface area contributed by atoms with Gasteiger partial charge < -0.3 is 9.47 Å². The van der Waals surface area contributed by atoms with E-state index in [9.17, 15) is 4.79 Å². The predicted molar refractivity (Wildman–Crippen MR) is 127 cm³/mol. The van der Waals surface area contributed by atoms with Gasteiger partial charge in [0.1, 0.15) is 11.5 Å². The molecule has 2 atom stereocenters. The summed E-state index contributed by atoms with van der Waals surface area (Å²) in [4.78, 5) is 21.0. The molecule has 2 fully saturated rings. The summed E-state index contributed by atoms with van der Waals surface area (Å²) in [6, 6.07) is 15.6. The van der Waals surface area contributed by atoms with Gasteiger partial charge in [-0.1, -0.05) is 38.0 Å². The van der Waals surface area contributed by atoms with E-state index in [-0.39, 0.29) is 11.9 Å². The Balaban J connectivity index is 1.73. The molecule has 31 heavy (non-hydrogen) atoms. The van der Waals surface area contributed by atoms with E-state index in [0.717, 1.165) is 35.7 Å². The van der Waals surface area contributed by atoms with Gasteiger partial charge in [-0.05, 0) is 60.9 Å². The standard InChI is InChI=1S/C25H28N2O3S/c1-17-9-7-8-12-21(17)27-24(28)23(31-25(27)26-19-10-5-4-6-11-19)15-18-13-14-20(29-2)16-22(18)30-3/h4-6,10-11,13-17,21H,7-9,12H2,1-3H3/b23-15-,26-25?/t17-,21-/m0/s1. The third-order valence-corrected chi connectivity index (χ3v) is 6.93. The maximum Gasteiger partial charge on any atom is 0.267 e. The highest BCUT2D eigenvalue weighted by Gasteiger charge is 2.41. The number of carbonyl (C=O) groups is 1. The van der Waals surface area contributed by atoms with Crippen molar-refractivity contribution in [2.45, 2.75) is 38.6 Å². The molecule has 4 rings (SSSR count). The number of benzene rings is 2. The minimum Gasteiger partial charge on any atom is -0.497 e. The number of hydrogen-bond acceptors (Lipinski definition) is 5. The molecule has 0 aromatic heterocycles. The zero-order valence-electron chi connectivity index (χ0n) is 18.2. The minimum atomic E-state index is 0.0244. The summed E-state index contributed by atoms with van der Waals surface area (Å²) in [5.74, 6) is 1.87. The van der Waals surface area contributed by atoms with Gasteiger partial charge in [-0.3, -0.25) is 9.69 Å². The van der Waals surface area contributed by atoms with Crippen molar-refractivity contribution in [1.29, 1.82) is 0 Å². The zero-order chi connectivity index (χ0) is 21.8. The fourth-order valence-corrected chi connectivity index (χ4v) is 5.27. The van der Waals surface area contributed by atoms with Crippen molar-refractivity contribution in [3.05, 3.63) is 59.0 Å². The molecular weight excluding hydrogens is 408 g/mol. The molecule has 6 heteroatoms.